The first kappa shape index (κ1) is 18.4. The van der Waals surface area contributed by atoms with Crippen molar-refractivity contribution >= 4 is 38.0 Å². The molecule has 0 aromatic carbocycles. The fourth-order valence-electron chi connectivity index (χ4n) is 3.75. The van der Waals surface area contributed by atoms with Gasteiger partial charge in [0, 0.05) is 6.54 Å². The molecule has 0 unspecified atom stereocenters. The number of halogens is 2. The van der Waals surface area contributed by atoms with Gasteiger partial charge in [-0.3, -0.25) is 19.2 Å². The molecule has 3 rings (SSSR count). The van der Waals surface area contributed by atoms with Crippen LogP contribution >= 0.6 is 15.9 Å². The summed E-state index contributed by atoms with van der Waals surface area (Å²) >= 11 is 3.23. The highest BCUT2D eigenvalue weighted by molar-refractivity contribution is 9.10. The lowest BCUT2D eigenvalue weighted by atomic mass is 9.90. The molecule has 25 heavy (non-hydrogen) atoms. The van der Waals surface area contributed by atoms with E-state index in [4.69, 9.17) is 5.11 Å². The van der Waals surface area contributed by atoms with E-state index in [1.807, 2.05) is 0 Å². The van der Waals surface area contributed by atoms with Crippen LogP contribution in [0.5, 0.6) is 0 Å². The number of nitrogens with zero attached hydrogens (tertiary/aromatic N) is 2. The van der Waals surface area contributed by atoms with Gasteiger partial charge in [0.15, 0.2) is 0 Å². The van der Waals surface area contributed by atoms with Gasteiger partial charge in [0.1, 0.15) is 27.5 Å². The number of amides is 1. The molecule has 2 aliphatic heterocycles. The molecule has 1 aromatic heterocycles. The van der Waals surface area contributed by atoms with Gasteiger partial charge in [0.05, 0.1) is 10.00 Å². The molecular formula is C15H20BrFN4O3S. The minimum absolute atomic E-state index is 0.0518. The summed E-state index contributed by atoms with van der Waals surface area (Å²) in [5, 5.41) is 10.9. The van der Waals surface area contributed by atoms with Gasteiger partial charge in [-0.05, 0) is 65.4 Å². The molecule has 1 saturated heterocycles. The van der Waals surface area contributed by atoms with E-state index >= 15 is 0 Å². The highest BCUT2D eigenvalue weighted by Crippen LogP contribution is 2.48. The van der Waals surface area contributed by atoms with Crippen LogP contribution in [0.4, 0.5) is 9.18 Å². The molecule has 10 heteroatoms. The first-order valence-electron chi connectivity index (χ1n) is 7.80. The molecule has 3 N–H and O–H groups in total. The molecule has 0 spiro atoms. The van der Waals surface area contributed by atoms with E-state index in [0.717, 1.165) is 0 Å². The van der Waals surface area contributed by atoms with E-state index in [1.54, 1.807) is 20.8 Å². The summed E-state index contributed by atoms with van der Waals surface area (Å²) in [6, 6.07) is 2.74. The number of nitrogens with one attached hydrogen (secondary N) is 2. The third-order valence-corrected chi connectivity index (χ3v) is 9.77. The van der Waals surface area contributed by atoms with Crippen LogP contribution in [0.2, 0.25) is 0 Å². The minimum Gasteiger partial charge on any atom is -0.465 e. The average Bonchev–Trinajstić information content (AvgIpc) is 2.92. The van der Waals surface area contributed by atoms with Crippen molar-refractivity contribution in [2.75, 3.05) is 6.54 Å². The monoisotopic (exact) mass is 434 g/mol. The summed E-state index contributed by atoms with van der Waals surface area (Å²) in [7, 11) is -3.14. The molecule has 7 nitrogen and oxygen atoms in total. The Labute approximate surface area is 154 Å². The predicted molar refractivity (Wildman–Crippen MR) is 97.9 cm³/mol. The lowest BCUT2D eigenvalue weighted by Crippen LogP contribution is -2.66. The maximum atomic E-state index is 14.6. The summed E-state index contributed by atoms with van der Waals surface area (Å²) < 4.78 is 30.9. The summed E-state index contributed by atoms with van der Waals surface area (Å²) in [6.07, 6.45) is -0.768. The zero-order valence-corrected chi connectivity index (χ0v) is 16.5. The highest BCUT2D eigenvalue weighted by Gasteiger charge is 2.59. The third-order valence-electron chi connectivity index (χ3n) is 5.12. The number of carboxylic acid groups (broad SMARTS) is 1. The zero-order chi connectivity index (χ0) is 18.6. The molecule has 1 aromatic rings. The molecule has 0 radical (unpaired) electrons. The second-order valence-electron chi connectivity index (χ2n) is 6.93. The van der Waals surface area contributed by atoms with Crippen LogP contribution in [0.15, 0.2) is 21.7 Å². The Morgan fingerprint density at radius 3 is 2.80 bits per heavy atom. The number of carbonyl (C=O) groups is 1. The molecule has 3 heterocycles. The number of fused-ring (bicyclic) bond motifs is 1. The van der Waals surface area contributed by atoms with Crippen molar-refractivity contribution in [3.8, 4) is 0 Å². The summed E-state index contributed by atoms with van der Waals surface area (Å²) in [5.74, 6) is -0.514. The van der Waals surface area contributed by atoms with E-state index in [-0.39, 0.29) is 11.5 Å². The van der Waals surface area contributed by atoms with E-state index in [0.29, 0.717) is 17.6 Å². The Kier molecular flexibility index (Phi) is 4.28. The standard InChI is InChI=1S/C15H20BrFN4O3S/c1-14(2)12(20-13(22)23)21-15(3,9-6-7-18-25(9,14)24)11-8(17)4-5-10(16)19-11/h4-5,9,25H,6-7H2,1-3H3,(H,18,24)(H,20,21)(H,22,23)/t9-,15+/m1/s1. The van der Waals surface area contributed by atoms with Crippen molar-refractivity contribution in [1.82, 2.24) is 15.0 Å². The van der Waals surface area contributed by atoms with Gasteiger partial charge in [0.2, 0.25) is 0 Å². The van der Waals surface area contributed by atoms with Gasteiger partial charge in [-0.25, -0.2) is 14.2 Å². The highest BCUT2D eigenvalue weighted by atomic mass is 79.9. The van der Waals surface area contributed by atoms with Crippen molar-refractivity contribution in [3.05, 3.63) is 28.2 Å². The molecule has 0 aliphatic carbocycles. The first-order valence-corrected chi connectivity index (χ1v) is 10.4. The third kappa shape index (κ3) is 2.61. The van der Waals surface area contributed by atoms with Crippen LogP contribution in [0.25, 0.3) is 0 Å². The Bertz CT molecular complexity index is 831. The molecule has 1 fully saturated rings. The maximum absolute atomic E-state index is 14.6. The number of thiol groups is 1. The van der Waals surface area contributed by atoms with E-state index in [1.165, 1.54) is 12.1 Å². The second kappa shape index (κ2) is 5.82. The Hall–Kier alpha value is -1.39. The largest absolute Gasteiger partial charge is 0.465 e. The smallest absolute Gasteiger partial charge is 0.410 e. The number of aliphatic imine (C=N–C) groups is 1. The molecule has 138 valence electrons. The van der Waals surface area contributed by atoms with E-state index in [2.05, 4.69) is 35.9 Å². The molecule has 2 aliphatic rings. The van der Waals surface area contributed by atoms with Crippen molar-refractivity contribution in [2.45, 2.75) is 42.7 Å². The van der Waals surface area contributed by atoms with E-state index in [9.17, 15) is 13.4 Å². The van der Waals surface area contributed by atoms with E-state index < -0.39 is 37.6 Å². The maximum Gasteiger partial charge on any atom is 0.410 e. The first-order chi connectivity index (χ1) is 11.5. The lowest BCUT2D eigenvalue weighted by molar-refractivity contribution is 0.199. The second-order valence-corrected chi connectivity index (χ2v) is 11.1. The Balaban J connectivity index is 2.29. The number of hydrogen-bond acceptors (Lipinski definition) is 4. The Morgan fingerprint density at radius 2 is 2.16 bits per heavy atom. The van der Waals surface area contributed by atoms with Gasteiger partial charge in [0.25, 0.3) is 0 Å². The molecule has 2 atom stereocenters. The van der Waals surface area contributed by atoms with Gasteiger partial charge in [-0.1, -0.05) is 0 Å². The van der Waals surface area contributed by atoms with Crippen LogP contribution in [0, 0.1) is 5.82 Å². The van der Waals surface area contributed by atoms with Gasteiger partial charge >= 0.3 is 6.09 Å². The molecule has 1 amide bonds. The molecule has 0 bridgehead atoms. The van der Waals surface area contributed by atoms with Crippen molar-refractivity contribution in [2.24, 2.45) is 4.99 Å². The number of aromatic nitrogens is 1. The fourth-order valence-corrected chi connectivity index (χ4v) is 7.72. The average molecular weight is 435 g/mol. The SMILES string of the molecule is CC1(C)C(NC(=O)O)=N[C@](C)(c2nc(Br)ccc2F)[C@H]2CCN[SH]21=O. The van der Waals surface area contributed by atoms with Gasteiger partial charge < -0.3 is 5.11 Å². The molecule has 0 saturated carbocycles. The van der Waals surface area contributed by atoms with Crippen molar-refractivity contribution in [3.63, 3.8) is 0 Å². The van der Waals surface area contributed by atoms with Crippen LogP contribution in [-0.4, -0.2) is 42.8 Å². The normalized spacial score (nSPS) is 30.9. The predicted octanol–water partition coefficient (Wildman–Crippen LogP) is 1.95. The number of hydrogen-bond donors (Lipinski definition) is 4. The van der Waals surface area contributed by atoms with Gasteiger partial charge in [-0.2, -0.15) is 0 Å². The Morgan fingerprint density at radius 1 is 1.48 bits per heavy atom. The van der Waals surface area contributed by atoms with Crippen LogP contribution in [-0.2, 0) is 15.7 Å². The molecular weight excluding hydrogens is 415 g/mol. The number of amidine groups is 1. The number of rotatable bonds is 1. The fraction of sp³-hybridized carbons (Fsp3) is 0.533. The topological polar surface area (TPSA) is 104 Å². The minimum atomic E-state index is -3.14. The zero-order valence-electron chi connectivity index (χ0n) is 14.0. The van der Waals surface area contributed by atoms with Crippen LogP contribution < -0.4 is 10.0 Å². The quantitative estimate of drug-likeness (QED) is 0.400. The van der Waals surface area contributed by atoms with Crippen LogP contribution in [0.1, 0.15) is 32.9 Å². The van der Waals surface area contributed by atoms with Gasteiger partial charge in [-0.15, -0.1) is 0 Å². The van der Waals surface area contributed by atoms with Crippen LogP contribution in [0.3, 0.4) is 0 Å². The summed E-state index contributed by atoms with van der Waals surface area (Å²) in [6.45, 7) is 5.54. The summed E-state index contributed by atoms with van der Waals surface area (Å²) in [4.78, 5) is 20.0. The lowest BCUT2D eigenvalue weighted by Gasteiger charge is -2.50. The van der Waals surface area contributed by atoms with Crippen molar-refractivity contribution in [1.29, 1.82) is 0 Å². The summed E-state index contributed by atoms with van der Waals surface area (Å²) in [5.41, 5.74) is -1.20. The van der Waals surface area contributed by atoms with Crippen molar-refractivity contribution < 1.29 is 18.5 Å². The number of pyridine rings is 1.